The summed E-state index contributed by atoms with van der Waals surface area (Å²) < 4.78 is 4.94. The molecule has 0 aliphatic heterocycles. The van der Waals surface area contributed by atoms with Crippen molar-refractivity contribution in [1.29, 1.82) is 0 Å². The van der Waals surface area contributed by atoms with E-state index in [0.717, 1.165) is 25.7 Å². The molecule has 1 atom stereocenters. The third kappa shape index (κ3) is 5.23. The molecule has 2 rings (SSSR count). The summed E-state index contributed by atoms with van der Waals surface area (Å²) in [7, 11) is 0. The van der Waals surface area contributed by atoms with Crippen LogP contribution in [0.2, 0.25) is 5.02 Å². The molecule has 0 radical (unpaired) electrons. The van der Waals surface area contributed by atoms with Gasteiger partial charge in [-0.3, -0.25) is 9.59 Å². The summed E-state index contributed by atoms with van der Waals surface area (Å²) >= 11 is 5.94. The van der Waals surface area contributed by atoms with E-state index in [4.69, 9.17) is 16.3 Å². The van der Waals surface area contributed by atoms with Crippen LogP contribution < -0.4 is 10.6 Å². The van der Waals surface area contributed by atoms with Crippen LogP contribution in [0, 0.1) is 0 Å². The summed E-state index contributed by atoms with van der Waals surface area (Å²) in [6.07, 6.45) is 4.14. The summed E-state index contributed by atoms with van der Waals surface area (Å²) in [5.41, 5.74) is 0.276. The van der Waals surface area contributed by atoms with Gasteiger partial charge in [0.15, 0.2) is 6.61 Å². The van der Waals surface area contributed by atoms with E-state index in [1.54, 1.807) is 24.3 Å². The van der Waals surface area contributed by atoms with E-state index in [1.807, 2.05) is 0 Å². The molecule has 0 heterocycles. The number of nitrogens with one attached hydrogen (secondary N) is 2. The fraction of sp³-hybridized carbons (Fsp3) is 0.471. The second-order valence-corrected chi connectivity index (χ2v) is 6.24. The number of benzene rings is 1. The lowest BCUT2D eigenvalue weighted by molar-refractivity contribution is -0.150. The molecule has 2 amide bonds. The van der Waals surface area contributed by atoms with Gasteiger partial charge in [0.1, 0.15) is 6.04 Å². The Morgan fingerprint density at radius 1 is 1.25 bits per heavy atom. The molecule has 7 heteroatoms. The number of ether oxygens (including phenoxy) is 1. The first-order valence-electron chi connectivity index (χ1n) is 7.98. The van der Waals surface area contributed by atoms with E-state index in [0.29, 0.717) is 5.02 Å². The molecule has 1 aromatic carbocycles. The minimum Gasteiger partial charge on any atom is -0.454 e. The minimum atomic E-state index is -0.881. The van der Waals surface area contributed by atoms with Gasteiger partial charge in [-0.15, -0.1) is 0 Å². The Kier molecular flexibility index (Phi) is 6.61. The van der Waals surface area contributed by atoms with Crippen LogP contribution in [-0.4, -0.2) is 36.5 Å². The van der Waals surface area contributed by atoms with Gasteiger partial charge < -0.3 is 15.4 Å². The van der Waals surface area contributed by atoms with Gasteiger partial charge in [0.2, 0.25) is 0 Å². The first-order chi connectivity index (χ1) is 11.5. The number of hydrogen-bond donors (Lipinski definition) is 2. The predicted octanol–water partition coefficient (Wildman–Crippen LogP) is 2.06. The van der Waals surface area contributed by atoms with Crippen molar-refractivity contribution in [2.45, 2.75) is 44.7 Å². The molecule has 1 aliphatic carbocycles. The average molecular weight is 353 g/mol. The van der Waals surface area contributed by atoms with E-state index < -0.39 is 17.9 Å². The molecule has 1 fully saturated rings. The molecule has 1 saturated carbocycles. The second-order valence-electron chi connectivity index (χ2n) is 5.83. The van der Waals surface area contributed by atoms with Crippen LogP contribution in [0.15, 0.2) is 24.3 Å². The van der Waals surface area contributed by atoms with Crippen molar-refractivity contribution >= 4 is 29.4 Å². The first kappa shape index (κ1) is 18.3. The Labute approximate surface area is 145 Å². The summed E-state index contributed by atoms with van der Waals surface area (Å²) in [4.78, 5) is 35.7. The van der Waals surface area contributed by atoms with E-state index in [2.05, 4.69) is 10.6 Å². The van der Waals surface area contributed by atoms with Crippen molar-refractivity contribution in [3.05, 3.63) is 34.9 Å². The summed E-state index contributed by atoms with van der Waals surface area (Å²) in [5.74, 6) is -1.46. The smallest absolute Gasteiger partial charge is 0.328 e. The quantitative estimate of drug-likeness (QED) is 0.767. The van der Waals surface area contributed by atoms with Crippen molar-refractivity contribution in [3.63, 3.8) is 0 Å². The third-order valence-electron chi connectivity index (χ3n) is 3.89. The standard InChI is InChI=1S/C17H21ClN2O4/c1-11(19-16(22)13-8-4-5-9-14(13)18)17(23)24-10-15(21)20-12-6-2-3-7-12/h4-5,8-9,11-12H,2-3,6-7,10H2,1H3,(H,19,22)(H,20,21)/t11-/m1/s1. The van der Waals surface area contributed by atoms with Crippen LogP contribution in [0.25, 0.3) is 0 Å². The lowest BCUT2D eigenvalue weighted by Crippen LogP contribution is -2.42. The normalized spacial score (nSPS) is 15.6. The van der Waals surface area contributed by atoms with Gasteiger partial charge in [0, 0.05) is 6.04 Å². The van der Waals surface area contributed by atoms with Crippen molar-refractivity contribution in [2.75, 3.05) is 6.61 Å². The highest BCUT2D eigenvalue weighted by molar-refractivity contribution is 6.33. The topological polar surface area (TPSA) is 84.5 Å². The Bertz CT molecular complexity index is 614. The monoisotopic (exact) mass is 352 g/mol. The van der Waals surface area contributed by atoms with Crippen LogP contribution in [0.3, 0.4) is 0 Å². The number of carbonyl (C=O) groups excluding carboxylic acids is 3. The number of rotatable bonds is 6. The lowest BCUT2D eigenvalue weighted by Gasteiger charge is -2.15. The lowest BCUT2D eigenvalue weighted by atomic mass is 10.2. The fourth-order valence-electron chi connectivity index (χ4n) is 2.58. The number of amides is 2. The zero-order valence-corrected chi connectivity index (χ0v) is 14.3. The summed E-state index contributed by atoms with van der Waals surface area (Å²) in [5, 5.41) is 5.63. The Morgan fingerprint density at radius 2 is 1.92 bits per heavy atom. The zero-order chi connectivity index (χ0) is 17.5. The van der Waals surface area contributed by atoms with E-state index in [1.165, 1.54) is 6.92 Å². The Balaban J connectivity index is 1.76. The van der Waals surface area contributed by atoms with E-state index in [9.17, 15) is 14.4 Å². The maximum absolute atomic E-state index is 12.1. The van der Waals surface area contributed by atoms with Crippen molar-refractivity contribution in [1.82, 2.24) is 10.6 Å². The van der Waals surface area contributed by atoms with Gasteiger partial charge in [-0.1, -0.05) is 36.6 Å². The molecule has 6 nitrogen and oxygen atoms in total. The molecule has 24 heavy (non-hydrogen) atoms. The van der Waals surface area contributed by atoms with Gasteiger partial charge >= 0.3 is 5.97 Å². The van der Waals surface area contributed by atoms with Crippen LogP contribution in [0.4, 0.5) is 0 Å². The molecule has 0 saturated heterocycles. The Hall–Kier alpha value is -2.08. The zero-order valence-electron chi connectivity index (χ0n) is 13.5. The van der Waals surface area contributed by atoms with Gasteiger partial charge in [-0.25, -0.2) is 4.79 Å². The van der Waals surface area contributed by atoms with Gasteiger partial charge in [-0.05, 0) is 31.9 Å². The summed E-state index contributed by atoms with van der Waals surface area (Å²) in [6.45, 7) is 1.15. The van der Waals surface area contributed by atoms with Crippen LogP contribution >= 0.6 is 11.6 Å². The van der Waals surface area contributed by atoms with Crippen molar-refractivity contribution in [3.8, 4) is 0 Å². The largest absolute Gasteiger partial charge is 0.454 e. The number of hydrogen-bond acceptors (Lipinski definition) is 4. The summed E-state index contributed by atoms with van der Waals surface area (Å²) in [6, 6.07) is 5.83. The van der Waals surface area contributed by atoms with Gasteiger partial charge in [-0.2, -0.15) is 0 Å². The predicted molar refractivity (Wildman–Crippen MR) is 89.7 cm³/mol. The molecular formula is C17H21ClN2O4. The van der Waals surface area contributed by atoms with Gasteiger partial charge in [0.05, 0.1) is 10.6 Å². The molecule has 0 spiro atoms. The highest BCUT2D eigenvalue weighted by Gasteiger charge is 2.21. The number of esters is 1. The Morgan fingerprint density at radius 3 is 2.58 bits per heavy atom. The minimum absolute atomic E-state index is 0.175. The fourth-order valence-corrected chi connectivity index (χ4v) is 2.80. The number of carbonyl (C=O) groups is 3. The van der Waals surface area contributed by atoms with E-state index >= 15 is 0 Å². The van der Waals surface area contributed by atoms with Crippen molar-refractivity contribution in [2.24, 2.45) is 0 Å². The average Bonchev–Trinajstić information content (AvgIpc) is 3.05. The molecule has 2 N–H and O–H groups in total. The molecule has 130 valence electrons. The second kappa shape index (κ2) is 8.68. The highest BCUT2D eigenvalue weighted by Crippen LogP contribution is 2.17. The third-order valence-corrected chi connectivity index (χ3v) is 4.22. The van der Waals surface area contributed by atoms with Crippen LogP contribution in [-0.2, 0) is 14.3 Å². The molecular weight excluding hydrogens is 332 g/mol. The van der Waals surface area contributed by atoms with Crippen LogP contribution in [0.1, 0.15) is 43.0 Å². The first-order valence-corrected chi connectivity index (χ1v) is 8.36. The molecule has 0 bridgehead atoms. The molecule has 1 aliphatic rings. The highest BCUT2D eigenvalue weighted by atomic mass is 35.5. The number of halogens is 1. The van der Waals surface area contributed by atoms with Gasteiger partial charge in [0.25, 0.3) is 11.8 Å². The van der Waals surface area contributed by atoms with E-state index in [-0.39, 0.29) is 24.1 Å². The maximum Gasteiger partial charge on any atom is 0.328 e. The van der Waals surface area contributed by atoms with Crippen LogP contribution in [0.5, 0.6) is 0 Å². The van der Waals surface area contributed by atoms with Crippen molar-refractivity contribution < 1.29 is 19.1 Å². The maximum atomic E-state index is 12.1. The molecule has 0 unspecified atom stereocenters. The SMILES string of the molecule is C[C@@H](NC(=O)c1ccccc1Cl)C(=O)OCC(=O)NC1CCCC1. The molecule has 1 aromatic rings. The molecule has 0 aromatic heterocycles.